The average Bonchev–Trinajstić information content (AvgIpc) is 2.46. The Bertz CT molecular complexity index is 594. The fourth-order valence-corrected chi connectivity index (χ4v) is 3.31. The number of hydrogen-bond acceptors (Lipinski definition) is 4. The van der Waals surface area contributed by atoms with E-state index in [1.807, 2.05) is 6.20 Å². The zero-order valence-electron chi connectivity index (χ0n) is 11.3. The van der Waals surface area contributed by atoms with Gasteiger partial charge in [-0.25, -0.2) is 9.97 Å². The Morgan fingerprint density at radius 2 is 1.95 bits per heavy atom. The third-order valence-corrected chi connectivity index (χ3v) is 4.59. The van der Waals surface area contributed by atoms with Gasteiger partial charge in [0.05, 0.1) is 10.6 Å². The molecule has 0 fully saturated rings. The van der Waals surface area contributed by atoms with Gasteiger partial charge in [0.1, 0.15) is 0 Å². The molecule has 1 aromatic heterocycles. The van der Waals surface area contributed by atoms with Crippen molar-refractivity contribution in [1.82, 2.24) is 9.97 Å². The van der Waals surface area contributed by atoms with Crippen LogP contribution in [0.25, 0.3) is 0 Å². The van der Waals surface area contributed by atoms with Crippen molar-refractivity contribution in [3.63, 3.8) is 0 Å². The molecule has 2 aromatic rings. The van der Waals surface area contributed by atoms with Crippen LogP contribution in [0.1, 0.15) is 25.1 Å². The van der Waals surface area contributed by atoms with Gasteiger partial charge in [0.2, 0.25) is 5.95 Å². The van der Waals surface area contributed by atoms with E-state index in [1.165, 1.54) is 15.4 Å². The summed E-state index contributed by atoms with van der Waals surface area (Å²) in [5.74, 6) is 0.851. The Labute approximate surface area is 118 Å². The lowest BCUT2D eigenvalue weighted by atomic mass is 10.1. The molecule has 0 amide bonds. The van der Waals surface area contributed by atoms with Crippen LogP contribution in [-0.4, -0.2) is 23.1 Å². The zero-order chi connectivity index (χ0) is 13.2. The topological polar surface area (TPSA) is 29.0 Å². The lowest BCUT2D eigenvalue weighted by Crippen LogP contribution is -2.24. The van der Waals surface area contributed by atoms with Gasteiger partial charge in [0.15, 0.2) is 0 Å². The number of nitrogens with zero attached hydrogens (tertiary/aromatic N) is 3. The predicted octanol–water partition coefficient (Wildman–Crippen LogP) is 3.38. The molecule has 1 aromatic carbocycles. The summed E-state index contributed by atoms with van der Waals surface area (Å²) in [7, 11) is 0. The van der Waals surface area contributed by atoms with Gasteiger partial charge in [0.25, 0.3) is 0 Å². The molecule has 1 aliphatic heterocycles. The van der Waals surface area contributed by atoms with Crippen molar-refractivity contribution in [2.24, 2.45) is 0 Å². The predicted molar refractivity (Wildman–Crippen MR) is 79.0 cm³/mol. The molecule has 0 N–H and O–H groups in total. The highest BCUT2D eigenvalue weighted by atomic mass is 32.2. The van der Waals surface area contributed by atoms with E-state index >= 15 is 0 Å². The van der Waals surface area contributed by atoms with Gasteiger partial charge in [-0.2, -0.15) is 0 Å². The lowest BCUT2D eigenvalue weighted by molar-refractivity contribution is 0.799. The van der Waals surface area contributed by atoms with Crippen LogP contribution in [0.2, 0.25) is 0 Å². The van der Waals surface area contributed by atoms with E-state index < -0.39 is 0 Å². The van der Waals surface area contributed by atoms with Gasteiger partial charge in [-0.15, -0.1) is 0 Å². The van der Waals surface area contributed by atoms with Crippen LogP contribution in [0.15, 0.2) is 40.3 Å². The molecule has 0 aliphatic carbocycles. The Morgan fingerprint density at radius 1 is 1.16 bits per heavy atom. The molecule has 0 atom stereocenters. The van der Waals surface area contributed by atoms with Crippen molar-refractivity contribution >= 4 is 17.7 Å². The first-order chi connectivity index (χ1) is 9.31. The zero-order valence-corrected chi connectivity index (χ0v) is 12.1. The minimum absolute atomic E-state index is 0.851. The highest BCUT2D eigenvalue weighted by Crippen LogP contribution is 2.38. The molecule has 98 valence electrons. The van der Waals surface area contributed by atoms with Crippen molar-refractivity contribution in [3.8, 4) is 0 Å². The lowest BCUT2D eigenvalue weighted by Gasteiger charge is -2.22. The van der Waals surface area contributed by atoms with E-state index in [4.69, 9.17) is 4.98 Å². The third-order valence-electron chi connectivity index (χ3n) is 3.41. The van der Waals surface area contributed by atoms with Gasteiger partial charge in [-0.1, -0.05) is 30.0 Å². The molecule has 0 spiro atoms. The summed E-state index contributed by atoms with van der Waals surface area (Å²) in [5, 5.41) is 0. The SMILES string of the molecule is CCN(CC)c1ncc2c(n1)Cc1ccccc1S2. The quantitative estimate of drug-likeness (QED) is 0.730. The van der Waals surface area contributed by atoms with Gasteiger partial charge in [-0.3, -0.25) is 0 Å². The molecule has 0 saturated heterocycles. The van der Waals surface area contributed by atoms with Crippen LogP contribution in [0.4, 0.5) is 5.95 Å². The van der Waals surface area contributed by atoms with Gasteiger partial charge in [-0.05, 0) is 25.5 Å². The molecule has 0 saturated carbocycles. The fraction of sp³-hybridized carbons (Fsp3) is 0.333. The summed E-state index contributed by atoms with van der Waals surface area (Å²) in [6.07, 6.45) is 2.88. The fourth-order valence-electron chi connectivity index (χ4n) is 2.31. The number of aromatic nitrogens is 2. The van der Waals surface area contributed by atoms with E-state index in [9.17, 15) is 0 Å². The Balaban J connectivity index is 1.96. The van der Waals surface area contributed by atoms with E-state index in [0.29, 0.717) is 0 Å². The summed E-state index contributed by atoms with van der Waals surface area (Å²) in [4.78, 5) is 14.0. The normalized spacial score (nSPS) is 12.7. The number of rotatable bonds is 3. The maximum absolute atomic E-state index is 4.75. The number of hydrogen-bond donors (Lipinski definition) is 0. The molecular weight excluding hydrogens is 254 g/mol. The first-order valence-electron chi connectivity index (χ1n) is 6.68. The van der Waals surface area contributed by atoms with Gasteiger partial charge >= 0.3 is 0 Å². The van der Waals surface area contributed by atoms with Gasteiger partial charge < -0.3 is 4.90 Å². The number of benzene rings is 1. The molecule has 1 aliphatic rings. The van der Waals surface area contributed by atoms with Crippen molar-refractivity contribution in [2.75, 3.05) is 18.0 Å². The molecule has 3 rings (SSSR count). The van der Waals surface area contributed by atoms with E-state index in [0.717, 1.165) is 31.2 Å². The van der Waals surface area contributed by atoms with Crippen LogP contribution in [-0.2, 0) is 6.42 Å². The second kappa shape index (κ2) is 5.21. The van der Waals surface area contributed by atoms with Crippen LogP contribution in [0.3, 0.4) is 0 Å². The first kappa shape index (κ1) is 12.5. The molecule has 4 heteroatoms. The van der Waals surface area contributed by atoms with Crippen molar-refractivity contribution < 1.29 is 0 Å². The summed E-state index contributed by atoms with van der Waals surface area (Å²) < 4.78 is 0. The molecule has 2 heterocycles. The minimum atomic E-state index is 0.851. The highest BCUT2D eigenvalue weighted by molar-refractivity contribution is 7.99. The third kappa shape index (κ3) is 2.32. The molecule has 0 radical (unpaired) electrons. The molecule has 0 unspecified atom stereocenters. The highest BCUT2D eigenvalue weighted by Gasteiger charge is 2.18. The van der Waals surface area contributed by atoms with E-state index in [2.05, 4.69) is 48.0 Å². The Morgan fingerprint density at radius 3 is 2.74 bits per heavy atom. The Kier molecular flexibility index (Phi) is 3.42. The molecule has 3 nitrogen and oxygen atoms in total. The van der Waals surface area contributed by atoms with Crippen molar-refractivity contribution in [3.05, 3.63) is 41.7 Å². The van der Waals surface area contributed by atoms with Crippen molar-refractivity contribution in [1.29, 1.82) is 0 Å². The van der Waals surface area contributed by atoms with E-state index in [1.54, 1.807) is 11.8 Å². The van der Waals surface area contributed by atoms with Crippen LogP contribution in [0, 0.1) is 0 Å². The maximum atomic E-state index is 4.75. The summed E-state index contributed by atoms with van der Waals surface area (Å²) in [5.41, 5.74) is 2.52. The summed E-state index contributed by atoms with van der Waals surface area (Å²) in [6.45, 7) is 6.16. The van der Waals surface area contributed by atoms with Crippen molar-refractivity contribution in [2.45, 2.75) is 30.1 Å². The van der Waals surface area contributed by atoms with Crippen LogP contribution >= 0.6 is 11.8 Å². The second-order valence-electron chi connectivity index (χ2n) is 4.54. The smallest absolute Gasteiger partial charge is 0.225 e. The van der Waals surface area contributed by atoms with Crippen LogP contribution in [0.5, 0.6) is 0 Å². The largest absolute Gasteiger partial charge is 0.341 e. The summed E-state index contributed by atoms with van der Waals surface area (Å²) >= 11 is 1.77. The molecule has 0 bridgehead atoms. The van der Waals surface area contributed by atoms with E-state index in [-0.39, 0.29) is 0 Å². The monoisotopic (exact) mass is 271 g/mol. The summed E-state index contributed by atoms with van der Waals surface area (Å²) in [6, 6.07) is 8.53. The number of fused-ring (bicyclic) bond motifs is 2. The Hall–Kier alpha value is -1.55. The molecule has 19 heavy (non-hydrogen) atoms. The second-order valence-corrected chi connectivity index (χ2v) is 5.62. The minimum Gasteiger partial charge on any atom is -0.341 e. The van der Waals surface area contributed by atoms with Crippen LogP contribution < -0.4 is 4.90 Å². The number of anilines is 1. The first-order valence-corrected chi connectivity index (χ1v) is 7.50. The van der Waals surface area contributed by atoms with Gasteiger partial charge in [0, 0.05) is 30.6 Å². The molecular formula is C15H17N3S. The standard InChI is InChI=1S/C15H17N3S/c1-3-18(4-2)15-16-10-14-12(17-15)9-11-7-5-6-8-13(11)19-14/h5-8,10H,3-4,9H2,1-2H3. The maximum Gasteiger partial charge on any atom is 0.225 e. The average molecular weight is 271 g/mol.